The van der Waals surface area contributed by atoms with Crippen LogP contribution >= 0.6 is 11.6 Å². The Bertz CT molecular complexity index is 301. The van der Waals surface area contributed by atoms with E-state index in [1.165, 1.54) is 6.20 Å². The van der Waals surface area contributed by atoms with Crippen molar-refractivity contribution in [2.75, 3.05) is 0 Å². The van der Waals surface area contributed by atoms with Gasteiger partial charge in [0, 0.05) is 12.6 Å². The molecule has 4 heteroatoms. The summed E-state index contributed by atoms with van der Waals surface area (Å²) in [6, 6.07) is 3.31. The lowest BCUT2D eigenvalue weighted by Gasteiger charge is -2.02. The smallest absolute Gasteiger partial charge is 0.312 e. The molecule has 0 spiro atoms. The molecule has 3 nitrogen and oxygen atoms in total. The summed E-state index contributed by atoms with van der Waals surface area (Å²) in [6.45, 7) is 1.90. The maximum Gasteiger partial charge on any atom is 0.312 e. The summed E-state index contributed by atoms with van der Waals surface area (Å²) in [5.74, 6) is -0.120. The molecular weight excluding hydrogens is 190 g/mol. The summed E-state index contributed by atoms with van der Waals surface area (Å²) in [6.07, 6.45) is 2.66. The monoisotopic (exact) mass is 199 g/mol. The molecule has 0 N–H and O–H groups in total. The van der Waals surface area contributed by atoms with Gasteiger partial charge in [0.2, 0.25) is 5.88 Å². The molecule has 13 heavy (non-hydrogen) atoms. The first-order valence-electron chi connectivity index (χ1n) is 4.05. The lowest BCUT2D eigenvalue weighted by molar-refractivity contribution is -0.134. The van der Waals surface area contributed by atoms with Crippen molar-refractivity contribution in [1.82, 2.24) is 4.98 Å². The van der Waals surface area contributed by atoms with Gasteiger partial charge in [0.1, 0.15) is 5.02 Å². The quantitative estimate of drug-likeness (QED) is 0.702. The van der Waals surface area contributed by atoms with E-state index in [2.05, 4.69) is 4.98 Å². The Morgan fingerprint density at radius 3 is 3.08 bits per heavy atom. The highest BCUT2D eigenvalue weighted by molar-refractivity contribution is 6.31. The third-order valence-corrected chi connectivity index (χ3v) is 1.68. The minimum atomic E-state index is -0.303. The number of aromatic nitrogens is 1. The molecular formula is C9H10ClNO2. The fourth-order valence-electron chi connectivity index (χ4n) is 0.809. The Hall–Kier alpha value is -1.09. The Labute approximate surface area is 81.7 Å². The van der Waals surface area contributed by atoms with Crippen LogP contribution in [0.5, 0.6) is 5.88 Å². The molecule has 0 saturated heterocycles. The first kappa shape index (κ1) is 9.99. The molecule has 0 fully saturated rings. The predicted molar refractivity (Wildman–Crippen MR) is 49.8 cm³/mol. The van der Waals surface area contributed by atoms with Crippen molar-refractivity contribution in [2.45, 2.75) is 19.8 Å². The van der Waals surface area contributed by atoms with Crippen molar-refractivity contribution in [3.63, 3.8) is 0 Å². The minimum absolute atomic E-state index is 0.183. The Balaban J connectivity index is 2.63. The topological polar surface area (TPSA) is 39.2 Å². The molecule has 0 radical (unpaired) electrons. The lowest BCUT2D eigenvalue weighted by Crippen LogP contribution is -2.08. The van der Waals surface area contributed by atoms with E-state index in [4.69, 9.17) is 16.3 Å². The molecule has 0 aromatic carbocycles. The maximum absolute atomic E-state index is 11.0. The molecule has 1 heterocycles. The average Bonchev–Trinajstić information content (AvgIpc) is 2.09. The third-order valence-electron chi connectivity index (χ3n) is 1.39. The van der Waals surface area contributed by atoms with Gasteiger partial charge in [-0.3, -0.25) is 4.79 Å². The Kier molecular flexibility index (Phi) is 3.71. The standard InChI is InChI=1S/C9H10ClNO2/c1-2-4-8(12)13-9-7(10)5-3-6-11-9/h3,5-6H,2,4H2,1H3. The molecule has 0 aliphatic rings. The van der Waals surface area contributed by atoms with Gasteiger partial charge in [0.25, 0.3) is 0 Å². The van der Waals surface area contributed by atoms with E-state index in [-0.39, 0.29) is 11.8 Å². The Morgan fingerprint density at radius 1 is 1.69 bits per heavy atom. The summed E-state index contributed by atoms with van der Waals surface area (Å²) in [7, 11) is 0. The molecule has 0 aliphatic carbocycles. The number of halogens is 1. The largest absolute Gasteiger partial charge is 0.406 e. The highest BCUT2D eigenvalue weighted by Crippen LogP contribution is 2.20. The van der Waals surface area contributed by atoms with E-state index >= 15 is 0 Å². The van der Waals surface area contributed by atoms with Gasteiger partial charge in [-0.25, -0.2) is 4.98 Å². The maximum atomic E-state index is 11.0. The van der Waals surface area contributed by atoms with Crippen LogP contribution in [0.4, 0.5) is 0 Å². The van der Waals surface area contributed by atoms with Crippen LogP contribution in [0.15, 0.2) is 18.3 Å². The number of ether oxygens (including phenoxy) is 1. The average molecular weight is 200 g/mol. The Morgan fingerprint density at radius 2 is 2.46 bits per heavy atom. The fraction of sp³-hybridized carbons (Fsp3) is 0.333. The van der Waals surface area contributed by atoms with Gasteiger partial charge in [0.05, 0.1) is 0 Å². The molecule has 0 aliphatic heterocycles. The summed E-state index contributed by atoms with van der Waals surface area (Å²) in [5.41, 5.74) is 0. The predicted octanol–water partition coefficient (Wildman–Crippen LogP) is 2.44. The number of rotatable bonds is 3. The van der Waals surface area contributed by atoms with Gasteiger partial charge in [0.15, 0.2) is 0 Å². The van der Waals surface area contributed by atoms with Crippen LogP contribution < -0.4 is 4.74 Å². The van der Waals surface area contributed by atoms with E-state index in [9.17, 15) is 4.79 Å². The summed E-state index contributed by atoms with van der Waals surface area (Å²) in [5, 5.41) is 0.354. The molecule has 0 unspecified atom stereocenters. The number of hydrogen-bond donors (Lipinski definition) is 0. The second kappa shape index (κ2) is 4.82. The summed E-state index contributed by atoms with van der Waals surface area (Å²) in [4.78, 5) is 14.9. The van der Waals surface area contributed by atoms with Crippen LogP contribution in [-0.2, 0) is 4.79 Å². The van der Waals surface area contributed by atoms with Gasteiger partial charge >= 0.3 is 5.97 Å². The van der Waals surface area contributed by atoms with Crippen LogP contribution in [0.3, 0.4) is 0 Å². The van der Waals surface area contributed by atoms with Crippen molar-refractivity contribution in [3.8, 4) is 5.88 Å². The normalized spacial score (nSPS) is 9.69. The molecule has 0 atom stereocenters. The zero-order valence-corrected chi connectivity index (χ0v) is 8.04. The highest BCUT2D eigenvalue weighted by atomic mass is 35.5. The number of nitrogens with zero attached hydrogens (tertiary/aromatic N) is 1. The van der Waals surface area contributed by atoms with Crippen LogP contribution in [-0.4, -0.2) is 11.0 Å². The zero-order chi connectivity index (χ0) is 9.68. The number of carbonyl (C=O) groups is 1. The van der Waals surface area contributed by atoms with Gasteiger partial charge in [-0.2, -0.15) is 0 Å². The van der Waals surface area contributed by atoms with Crippen LogP contribution in [0, 0.1) is 0 Å². The van der Waals surface area contributed by atoms with Crippen molar-refractivity contribution >= 4 is 17.6 Å². The second-order valence-corrected chi connectivity index (χ2v) is 2.92. The number of hydrogen-bond acceptors (Lipinski definition) is 3. The number of esters is 1. The molecule has 0 saturated carbocycles. The molecule has 0 amide bonds. The van der Waals surface area contributed by atoms with Crippen molar-refractivity contribution in [1.29, 1.82) is 0 Å². The summed E-state index contributed by atoms with van der Waals surface area (Å²) >= 11 is 5.73. The fourth-order valence-corrected chi connectivity index (χ4v) is 0.969. The zero-order valence-electron chi connectivity index (χ0n) is 7.29. The highest BCUT2D eigenvalue weighted by Gasteiger charge is 2.07. The molecule has 70 valence electrons. The molecule has 1 aromatic rings. The van der Waals surface area contributed by atoms with E-state index in [0.29, 0.717) is 11.4 Å². The van der Waals surface area contributed by atoms with E-state index < -0.39 is 0 Å². The molecule has 1 aromatic heterocycles. The van der Waals surface area contributed by atoms with E-state index in [1.54, 1.807) is 12.1 Å². The van der Waals surface area contributed by atoms with Gasteiger partial charge in [-0.1, -0.05) is 18.5 Å². The van der Waals surface area contributed by atoms with Crippen molar-refractivity contribution in [2.24, 2.45) is 0 Å². The number of pyridine rings is 1. The SMILES string of the molecule is CCCC(=O)Oc1ncccc1Cl. The van der Waals surface area contributed by atoms with Gasteiger partial charge in [-0.15, -0.1) is 0 Å². The number of carbonyl (C=O) groups excluding carboxylic acids is 1. The second-order valence-electron chi connectivity index (χ2n) is 2.51. The van der Waals surface area contributed by atoms with Gasteiger partial charge < -0.3 is 4.74 Å². The van der Waals surface area contributed by atoms with Crippen LogP contribution in [0.25, 0.3) is 0 Å². The lowest BCUT2D eigenvalue weighted by atomic mass is 10.3. The summed E-state index contributed by atoms with van der Waals surface area (Å²) < 4.78 is 4.90. The van der Waals surface area contributed by atoms with Crippen LogP contribution in [0.2, 0.25) is 5.02 Å². The molecule has 0 bridgehead atoms. The van der Waals surface area contributed by atoms with E-state index in [0.717, 1.165) is 6.42 Å². The van der Waals surface area contributed by atoms with E-state index in [1.807, 2.05) is 6.92 Å². The third kappa shape index (κ3) is 3.03. The molecule has 1 rings (SSSR count). The first-order valence-corrected chi connectivity index (χ1v) is 4.43. The van der Waals surface area contributed by atoms with Crippen molar-refractivity contribution < 1.29 is 9.53 Å². The van der Waals surface area contributed by atoms with Crippen molar-refractivity contribution in [3.05, 3.63) is 23.4 Å². The van der Waals surface area contributed by atoms with Crippen LogP contribution in [0.1, 0.15) is 19.8 Å². The first-order chi connectivity index (χ1) is 6.24. The van der Waals surface area contributed by atoms with Gasteiger partial charge in [-0.05, 0) is 18.6 Å². The minimum Gasteiger partial charge on any atom is -0.406 e.